The van der Waals surface area contributed by atoms with E-state index in [2.05, 4.69) is 17.4 Å². The van der Waals surface area contributed by atoms with E-state index in [4.69, 9.17) is 14.2 Å². The van der Waals surface area contributed by atoms with Gasteiger partial charge in [0.2, 0.25) is 5.91 Å². The van der Waals surface area contributed by atoms with Crippen LogP contribution in [0.2, 0.25) is 0 Å². The lowest BCUT2D eigenvalue weighted by Gasteiger charge is -2.21. The van der Waals surface area contributed by atoms with Crippen molar-refractivity contribution in [2.75, 3.05) is 20.3 Å². The van der Waals surface area contributed by atoms with Gasteiger partial charge in [-0.2, -0.15) is 0 Å². The molecule has 25 heavy (non-hydrogen) atoms. The van der Waals surface area contributed by atoms with Gasteiger partial charge in [-0.1, -0.05) is 24.3 Å². The van der Waals surface area contributed by atoms with Gasteiger partial charge in [0.15, 0.2) is 11.5 Å². The summed E-state index contributed by atoms with van der Waals surface area (Å²) in [5.41, 5.74) is 3.31. The first-order chi connectivity index (χ1) is 12.3. The summed E-state index contributed by atoms with van der Waals surface area (Å²) in [6, 6.07) is 11.9. The summed E-state index contributed by atoms with van der Waals surface area (Å²) in [7, 11) is 1.62. The highest BCUT2D eigenvalue weighted by molar-refractivity contribution is 5.85. The van der Waals surface area contributed by atoms with Crippen molar-refractivity contribution in [3.8, 4) is 17.2 Å². The Kier molecular flexibility index (Phi) is 4.22. The molecule has 1 amide bonds. The predicted octanol–water partition coefficient (Wildman–Crippen LogP) is 2.81. The number of amides is 1. The monoisotopic (exact) mass is 339 g/mol. The van der Waals surface area contributed by atoms with Crippen LogP contribution in [0.5, 0.6) is 17.2 Å². The second-order valence-electron chi connectivity index (χ2n) is 6.32. The van der Waals surface area contributed by atoms with E-state index in [1.54, 1.807) is 7.11 Å². The average Bonchev–Trinajstić information content (AvgIpc) is 3.09. The SMILES string of the molecule is COc1cc2c(cc1CNC(=O)[C@@H]1CCc3ccccc31)OCCO2. The highest BCUT2D eigenvalue weighted by Gasteiger charge is 2.28. The van der Waals surface area contributed by atoms with E-state index < -0.39 is 0 Å². The molecule has 2 aliphatic rings. The van der Waals surface area contributed by atoms with Crippen LogP contribution in [0.1, 0.15) is 29.0 Å². The highest BCUT2D eigenvalue weighted by atomic mass is 16.6. The van der Waals surface area contributed by atoms with Gasteiger partial charge in [0.05, 0.1) is 13.0 Å². The summed E-state index contributed by atoms with van der Waals surface area (Å²) in [6.45, 7) is 1.47. The third kappa shape index (κ3) is 3.02. The number of rotatable bonds is 4. The molecule has 0 unspecified atom stereocenters. The van der Waals surface area contributed by atoms with Crippen molar-refractivity contribution in [3.63, 3.8) is 0 Å². The molecule has 1 aliphatic heterocycles. The Bertz CT molecular complexity index is 802. The fourth-order valence-corrected chi connectivity index (χ4v) is 3.58. The molecule has 2 aromatic rings. The minimum atomic E-state index is -0.0700. The average molecular weight is 339 g/mol. The summed E-state index contributed by atoms with van der Waals surface area (Å²) in [6.07, 6.45) is 1.82. The molecule has 1 N–H and O–H groups in total. The molecule has 0 fully saturated rings. The van der Waals surface area contributed by atoms with Gasteiger partial charge in [0.25, 0.3) is 0 Å². The molecule has 130 valence electrons. The van der Waals surface area contributed by atoms with Crippen LogP contribution in [0.15, 0.2) is 36.4 Å². The standard InChI is InChI=1S/C20H21NO4/c1-23-17-11-19-18(24-8-9-25-19)10-14(17)12-21-20(22)16-7-6-13-4-2-3-5-15(13)16/h2-5,10-11,16H,6-9,12H2,1H3,(H,21,22)/t16-/m1/s1. The molecule has 5 heteroatoms. The van der Waals surface area contributed by atoms with E-state index in [0.717, 1.165) is 24.0 Å². The molecule has 0 saturated heterocycles. The third-order valence-corrected chi connectivity index (χ3v) is 4.85. The van der Waals surface area contributed by atoms with Crippen molar-refractivity contribution in [2.45, 2.75) is 25.3 Å². The van der Waals surface area contributed by atoms with Gasteiger partial charge in [0.1, 0.15) is 19.0 Å². The van der Waals surface area contributed by atoms with Crippen LogP contribution < -0.4 is 19.5 Å². The molecule has 1 atom stereocenters. The molecule has 0 spiro atoms. The molecule has 0 bridgehead atoms. The minimum absolute atomic E-state index is 0.0573. The maximum atomic E-state index is 12.7. The first-order valence-electron chi connectivity index (χ1n) is 8.58. The van der Waals surface area contributed by atoms with Crippen LogP contribution in [-0.4, -0.2) is 26.2 Å². The maximum Gasteiger partial charge on any atom is 0.227 e. The zero-order chi connectivity index (χ0) is 17.2. The third-order valence-electron chi connectivity index (χ3n) is 4.85. The van der Waals surface area contributed by atoms with E-state index in [-0.39, 0.29) is 11.8 Å². The Morgan fingerprint density at radius 2 is 1.96 bits per heavy atom. The van der Waals surface area contributed by atoms with Crippen molar-refractivity contribution in [1.29, 1.82) is 0 Å². The van der Waals surface area contributed by atoms with Crippen LogP contribution in [0.3, 0.4) is 0 Å². The normalized spacial score (nSPS) is 17.7. The second kappa shape index (κ2) is 6.67. The Hall–Kier alpha value is -2.69. The molecule has 2 aromatic carbocycles. The summed E-state index contributed by atoms with van der Waals surface area (Å²) < 4.78 is 16.6. The molecule has 1 heterocycles. The smallest absolute Gasteiger partial charge is 0.227 e. The first kappa shape index (κ1) is 15.8. The second-order valence-corrected chi connectivity index (χ2v) is 6.32. The number of carbonyl (C=O) groups is 1. The number of ether oxygens (including phenoxy) is 3. The van der Waals surface area contributed by atoms with Gasteiger partial charge >= 0.3 is 0 Å². The molecular weight excluding hydrogens is 318 g/mol. The zero-order valence-electron chi connectivity index (χ0n) is 14.2. The van der Waals surface area contributed by atoms with E-state index in [9.17, 15) is 4.79 Å². The summed E-state index contributed by atoms with van der Waals surface area (Å²) in [4.78, 5) is 12.7. The van der Waals surface area contributed by atoms with Crippen molar-refractivity contribution in [3.05, 3.63) is 53.1 Å². The van der Waals surface area contributed by atoms with Crippen molar-refractivity contribution >= 4 is 5.91 Å². The lowest BCUT2D eigenvalue weighted by Crippen LogP contribution is -2.28. The van der Waals surface area contributed by atoms with Gasteiger partial charge in [-0.25, -0.2) is 0 Å². The highest BCUT2D eigenvalue weighted by Crippen LogP contribution is 2.37. The Morgan fingerprint density at radius 1 is 1.20 bits per heavy atom. The van der Waals surface area contributed by atoms with Crippen LogP contribution in [0.4, 0.5) is 0 Å². The van der Waals surface area contributed by atoms with Gasteiger partial charge < -0.3 is 19.5 Å². The Labute approximate surface area is 146 Å². The van der Waals surface area contributed by atoms with E-state index in [1.165, 1.54) is 5.56 Å². The van der Waals surface area contributed by atoms with Crippen LogP contribution in [0, 0.1) is 0 Å². The summed E-state index contributed by atoms with van der Waals surface area (Å²) in [5.74, 6) is 2.06. The van der Waals surface area contributed by atoms with Crippen molar-refractivity contribution in [2.24, 2.45) is 0 Å². The molecule has 5 nitrogen and oxygen atoms in total. The minimum Gasteiger partial charge on any atom is -0.496 e. The largest absolute Gasteiger partial charge is 0.496 e. The molecule has 0 radical (unpaired) electrons. The van der Waals surface area contributed by atoms with Crippen LogP contribution in [0.25, 0.3) is 0 Å². The number of carbonyl (C=O) groups excluding carboxylic acids is 1. The number of fused-ring (bicyclic) bond motifs is 2. The van der Waals surface area contributed by atoms with Crippen LogP contribution in [-0.2, 0) is 17.8 Å². The van der Waals surface area contributed by atoms with Gasteiger partial charge in [-0.05, 0) is 30.0 Å². The predicted molar refractivity (Wildman–Crippen MR) is 93.3 cm³/mol. The van der Waals surface area contributed by atoms with Crippen molar-refractivity contribution < 1.29 is 19.0 Å². The fourth-order valence-electron chi connectivity index (χ4n) is 3.58. The maximum absolute atomic E-state index is 12.7. The van der Waals surface area contributed by atoms with Crippen molar-refractivity contribution in [1.82, 2.24) is 5.32 Å². The molecule has 1 aliphatic carbocycles. The van der Waals surface area contributed by atoms with Crippen LogP contribution >= 0.6 is 0 Å². The molecule has 0 saturated carbocycles. The van der Waals surface area contributed by atoms with E-state index >= 15 is 0 Å². The lowest BCUT2D eigenvalue weighted by molar-refractivity contribution is -0.122. The molecule has 4 rings (SSSR count). The number of methoxy groups -OCH3 is 1. The summed E-state index contributed by atoms with van der Waals surface area (Å²) >= 11 is 0. The van der Waals surface area contributed by atoms with E-state index in [1.807, 2.05) is 24.3 Å². The van der Waals surface area contributed by atoms with Gasteiger partial charge in [0, 0.05) is 18.2 Å². The number of benzene rings is 2. The number of nitrogens with one attached hydrogen (secondary N) is 1. The zero-order valence-corrected chi connectivity index (χ0v) is 14.2. The molecule has 0 aromatic heterocycles. The van der Waals surface area contributed by atoms with Gasteiger partial charge in [-0.3, -0.25) is 4.79 Å². The number of aryl methyl sites for hydroxylation is 1. The lowest BCUT2D eigenvalue weighted by atomic mass is 10.0. The Morgan fingerprint density at radius 3 is 2.76 bits per heavy atom. The topological polar surface area (TPSA) is 56.8 Å². The number of hydrogen-bond acceptors (Lipinski definition) is 4. The fraction of sp³-hybridized carbons (Fsp3) is 0.350. The summed E-state index contributed by atoms with van der Waals surface area (Å²) in [5, 5.41) is 3.05. The molecular formula is C20H21NO4. The quantitative estimate of drug-likeness (QED) is 0.931. The first-order valence-corrected chi connectivity index (χ1v) is 8.58. The van der Waals surface area contributed by atoms with E-state index in [0.29, 0.717) is 37.0 Å². The van der Waals surface area contributed by atoms with Gasteiger partial charge in [-0.15, -0.1) is 0 Å². The number of hydrogen-bond donors (Lipinski definition) is 1. The Balaban J connectivity index is 1.49.